The minimum absolute atomic E-state index is 0.00692. The van der Waals surface area contributed by atoms with Crippen LogP contribution in [0.5, 0.6) is 0 Å². The predicted molar refractivity (Wildman–Crippen MR) is 70.3 cm³/mol. The van der Waals surface area contributed by atoms with Crippen LogP contribution < -0.4 is 11.5 Å². The molecule has 1 atom stereocenters. The van der Waals surface area contributed by atoms with E-state index in [9.17, 15) is 28.1 Å². The number of fused-ring (bicyclic) bond motifs is 1. The van der Waals surface area contributed by atoms with Crippen molar-refractivity contribution in [1.82, 2.24) is 0 Å². The Labute approximate surface area is 127 Å². The summed E-state index contributed by atoms with van der Waals surface area (Å²) < 4.78 is 31.7. The molecule has 1 aromatic rings. The van der Waals surface area contributed by atoms with E-state index in [1.54, 1.807) is 6.07 Å². The maximum Gasteiger partial charge on any atom is 0.490 e. The van der Waals surface area contributed by atoms with Crippen LogP contribution in [0.3, 0.4) is 0 Å². The van der Waals surface area contributed by atoms with E-state index < -0.39 is 28.5 Å². The van der Waals surface area contributed by atoms with Crippen molar-refractivity contribution in [3.8, 4) is 0 Å². The number of non-ortho nitro benzene ring substituents is 1. The molecule has 0 saturated carbocycles. The van der Waals surface area contributed by atoms with Gasteiger partial charge in [-0.1, -0.05) is 6.07 Å². The van der Waals surface area contributed by atoms with Crippen molar-refractivity contribution in [1.29, 1.82) is 0 Å². The number of alkyl halides is 3. The number of nitro groups is 1. The van der Waals surface area contributed by atoms with Crippen LogP contribution >= 0.6 is 0 Å². The molecule has 0 bridgehead atoms. The first-order chi connectivity index (χ1) is 10.4. The third kappa shape index (κ3) is 4.39. The van der Waals surface area contributed by atoms with Gasteiger partial charge >= 0.3 is 12.1 Å². The molecule has 126 valence electrons. The van der Waals surface area contributed by atoms with Crippen LogP contribution in [-0.2, 0) is 22.4 Å². The van der Waals surface area contributed by atoms with Gasteiger partial charge in [-0.2, -0.15) is 13.2 Å². The van der Waals surface area contributed by atoms with E-state index in [2.05, 4.69) is 0 Å². The summed E-state index contributed by atoms with van der Waals surface area (Å²) in [7, 11) is 0. The van der Waals surface area contributed by atoms with Crippen molar-refractivity contribution < 1.29 is 32.8 Å². The molecule has 23 heavy (non-hydrogen) atoms. The van der Waals surface area contributed by atoms with Gasteiger partial charge in [-0.3, -0.25) is 14.9 Å². The number of carbonyl (C=O) groups excluding carboxylic acids is 1. The molecule has 0 spiro atoms. The molecule has 11 heteroatoms. The highest BCUT2D eigenvalue weighted by atomic mass is 19.4. The molecule has 0 aromatic heterocycles. The molecule has 0 aliphatic heterocycles. The van der Waals surface area contributed by atoms with Gasteiger partial charge < -0.3 is 16.6 Å². The van der Waals surface area contributed by atoms with Crippen LogP contribution in [0.25, 0.3) is 0 Å². The number of amides is 1. The number of carbonyl (C=O) groups is 2. The van der Waals surface area contributed by atoms with E-state index in [-0.39, 0.29) is 12.1 Å². The fraction of sp³-hybridized carbons (Fsp3) is 0.333. The van der Waals surface area contributed by atoms with Gasteiger partial charge in [0.15, 0.2) is 0 Å². The molecule has 2 rings (SSSR count). The lowest BCUT2D eigenvalue weighted by Crippen LogP contribution is -2.52. The number of carboxylic acids is 1. The van der Waals surface area contributed by atoms with Gasteiger partial charge in [0.25, 0.3) is 5.69 Å². The molecule has 0 heterocycles. The molecular formula is C12H12F3N3O5. The van der Waals surface area contributed by atoms with E-state index in [1.165, 1.54) is 12.1 Å². The first-order valence-corrected chi connectivity index (χ1v) is 6.02. The van der Waals surface area contributed by atoms with Gasteiger partial charge in [-0.25, -0.2) is 4.79 Å². The van der Waals surface area contributed by atoms with Crippen molar-refractivity contribution in [3.05, 3.63) is 39.4 Å². The number of carboxylic acid groups (broad SMARTS) is 1. The molecule has 0 fully saturated rings. The summed E-state index contributed by atoms with van der Waals surface area (Å²) in [5, 5.41) is 17.7. The van der Waals surface area contributed by atoms with E-state index in [0.29, 0.717) is 6.42 Å². The van der Waals surface area contributed by atoms with Crippen LogP contribution in [0, 0.1) is 10.1 Å². The number of primary amides is 1. The molecule has 0 saturated heterocycles. The van der Waals surface area contributed by atoms with Crippen molar-refractivity contribution in [3.63, 3.8) is 0 Å². The van der Waals surface area contributed by atoms with E-state index in [4.69, 9.17) is 21.4 Å². The maximum absolute atomic E-state index is 11.2. The zero-order valence-electron chi connectivity index (χ0n) is 11.5. The lowest BCUT2D eigenvalue weighted by Gasteiger charge is -2.17. The number of nitrogens with zero attached hydrogens (tertiary/aromatic N) is 1. The largest absolute Gasteiger partial charge is 0.490 e. The predicted octanol–water partition coefficient (Wildman–Crippen LogP) is 0.509. The number of aliphatic carboxylic acids is 1. The second-order valence-electron chi connectivity index (χ2n) is 4.89. The molecule has 1 aliphatic rings. The highest BCUT2D eigenvalue weighted by Crippen LogP contribution is 2.30. The number of nitrogens with two attached hydrogens (primary N) is 2. The van der Waals surface area contributed by atoms with Crippen LogP contribution in [-0.4, -0.2) is 33.6 Å². The lowest BCUT2D eigenvalue weighted by atomic mass is 9.97. The molecule has 8 nitrogen and oxygen atoms in total. The average Bonchev–Trinajstić information content (AvgIpc) is 2.74. The van der Waals surface area contributed by atoms with Crippen molar-refractivity contribution in [2.45, 2.75) is 24.6 Å². The SMILES string of the molecule is NC(=O)C1(N)Cc2ccc([N+](=O)[O-])cc2C1.O=C(O)C(F)(F)F. The summed E-state index contributed by atoms with van der Waals surface area (Å²) in [6.07, 6.45) is -4.48. The van der Waals surface area contributed by atoms with Crippen LogP contribution in [0.4, 0.5) is 18.9 Å². The highest BCUT2D eigenvalue weighted by Gasteiger charge is 2.39. The Morgan fingerprint density at radius 2 is 1.74 bits per heavy atom. The Morgan fingerprint density at radius 1 is 1.26 bits per heavy atom. The quantitative estimate of drug-likeness (QED) is 0.529. The number of benzene rings is 1. The van der Waals surface area contributed by atoms with E-state index >= 15 is 0 Å². The van der Waals surface area contributed by atoms with Gasteiger partial charge in [0.1, 0.15) is 5.54 Å². The third-order valence-electron chi connectivity index (χ3n) is 3.15. The van der Waals surface area contributed by atoms with Crippen LogP contribution in [0.15, 0.2) is 18.2 Å². The first kappa shape index (κ1) is 18.4. The number of hydrogen-bond acceptors (Lipinski definition) is 5. The Bertz CT molecular complexity index is 662. The number of nitro benzene ring substituents is 1. The normalized spacial score (nSPS) is 19.3. The van der Waals surface area contributed by atoms with Crippen molar-refractivity contribution in [2.75, 3.05) is 0 Å². The summed E-state index contributed by atoms with van der Waals surface area (Å²) >= 11 is 0. The van der Waals surface area contributed by atoms with Gasteiger partial charge in [-0.05, 0) is 17.5 Å². The smallest absolute Gasteiger partial charge is 0.475 e. The fourth-order valence-electron chi connectivity index (χ4n) is 1.98. The topological polar surface area (TPSA) is 150 Å². The summed E-state index contributed by atoms with van der Waals surface area (Å²) in [5.41, 5.74) is 11.5. The second-order valence-corrected chi connectivity index (χ2v) is 4.89. The van der Waals surface area contributed by atoms with E-state index in [1.807, 2.05) is 0 Å². The third-order valence-corrected chi connectivity index (χ3v) is 3.15. The molecule has 1 amide bonds. The fourth-order valence-corrected chi connectivity index (χ4v) is 1.98. The number of halogens is 3. The second kappa shape index (κ2) is 6.20. The minimum Gasteiger partial charge on any atom is -0.475 e. The zero-order valence-corrected chi connectivity index (χ0v) is 11.5. The Hall–Kier alpha value is -2.69. The van der Waals surface area contributed by atoms with Gasteiger partial charge in [0.2, 0.25) is 5.91 Å². The standard InChI is InChI=1S/C10H11N3O3.C2HF3O2/c11-9(14)10(12)4-6-1-2-8(13(15)16)3-7(6)5-10;3-2(4,5)1(6)7/h1-3H,4-5,12H2,(H2,11,14);(H,6,7). The summed E-state index contributed by atoms with van der Waals surface area (Å²) in [5.74, 6) is -3.33. The Morgan fingerprint density at radius 3 is 2.13 bits per heavy atom. The van der Waals surface area contributed by atoms with Crippen molar-refractivity contribution >= 4 is 17.6 Å². The maximum atomic E-state index is 11.2. The molecule has 1 aromatic carbocycles. The first-order valence-electron chi connectivity index (χ1n) is 6.02. The molecular weight excluding hydrogens is 323 g/mol. The Balaban J connectivity index is 0.000000322. The molecule has 0 radical (unpaired) electrons. The van der Waals surface area contributed by atoms with Crippen molar-refractivity contribution in [2.24, 2.45) is 11.5 Å². The summed E-state index contributed by atoms with van der Waals surface area (Å²) in [4.78, 5) is 30.2. The molecule has 5 N–H and O–H groups in total. The van der Waals surface area contributed by atoms with Crippen LogP contribution in [0.2, 0.25) is 0 Å². The van der Waals surface area contributed by atoms with Gasteiger partial charge in [-0.15, -0.1) is 0 Å². The highest BCUT2D eigenvalue weighted by molar-refractivity contribution is 5.86. The minimum atomic E-state index is -5.08. The number of rotatable bonds is 2. The van der Waals surface area contributed by atoms with E-state index in [0.717, 1.165) is 11.1 Å². The summed E-state index contributed by atoms with van der Waals surface area (Å²) in [6.45, 7) is 0. The summed E-state index contributed by atoms with van der Waals surface area (Å²) in [6, 6.07) is 4.49. The average molecular weight is 335 g/mol. The van der Waals surface area contributed by atoms with Gasteiger partial charge in [0.05, 0.1) is 4.92 Å². The monoisotopic (exact) mass is 335 g/mol. The Kier molecular flexibility index (Phi) is 4.95. The van der Waals surface area contributed by atoms with Crippen LogP contribution in [0.1, 0.15) is 11.1 Å². The molecule has 1 aliphatic carbocycles. The lowest BCUT2D eigenvalue weighted by molar-refractivity contribution is -0.384. The zero-order chi connectivity index (χ0) is 18.0. The van der Waals surface area contributed by atoms with Gasteiger partial charge in [0, 0.05) is 18.6 Å². The molecule has 1 unspecified atom stereocenters. The number of hydrogen-bond donors (Lipinski definition) is 3.